The number of hydrogen-bond acceptors (Lipinski definition) is 15. The summed E-state index contributed by atoms with van der Waals surface area (Å²) in [6.07, 6.45) is -10.7. The van der Waals surface area contributed by atoms with E-state index in [1.54, 1.807) is 121 Å². The number of thioether (sulfide) groups is 1. The first-order chi connectivity index (χ1) is 38.3. The van der Waals surface area contributed by atoms with Gasteiger partial charge in [-0.2, -0.15) is 0 Å². The van der Waals surface area contributed by atoms with Crippen LogP contribution in [-0.2, 0) is 67.2 Å². The lowest BCUT2D eigenvalue weighted by atomic mass is 9.98. The van der Waals surface area contributed by atoms with Gasteiger partial charge in [0, 0.05) is 0 Å². The molecule has 0 saturated carbocycles. The highest BCUT2D eigenvalue weighted by Crippen LogP contribution is 2.38. The lowest BCUT2D eigenvalue weighted by Gasteiger charge is -2.46. The van der Waals surface area contributed by atoms with Gasteiger partial charge >= 0.3 is 23.9 Å². The van der Waals surface area contributed by atoms with Gasteiger partial charge in [0.05, 0.1) is 48.7 Å². The molecule has 7 aromatic rings. The molecule has 0 unspecified atom stereocenters. The number of rotatable bonds is 24. The summed E-state index contributed by atoms with van der Waals surface area (Å²) < 4.78 is 65.9. The van der Waals surface area contributed by atoms with Gasteiger partial charge in [0.15, 0.2) is 24.6 Å². The quantitative estimate of drug-likeness (QED) is 0.0415. The normalized spacial score (nSPS) is 22.1. The Hall–Kier alpha value is -7.47. The van der Waals surface area contributed by atoms with E-state index in [4.69, 9.17) is 47.4 Å². The fraction of sp³-hybridized carbons (Fsp3) is 0.270. The lowest BCUT2D eigenvalue weighted by Crippen LogP contribution is -2.60. The Bertz CT molecular complexity index is 2940. The van der Waals surface area contributed by atoms with Gasteiger partial charge in [-0.3, -0.25) is 0 Å². The topological polar surface area (TPSA) is 161 Å². The van der Waals surface area contributed by atoms with Crippen molar-refractivity contribution >= 4 is 35.6 Å². The molecule has 2 heterocycles. The maximum absolute atomic E-state index is 14.3. The monoisotopic (exact) mass is 1070 g/mol. The van der Waals surface area contributed by atoms with Gasteiger partial charge in [-0.25, -0.2) is 19.2 Å². The Morgan fingerprint density at radius 1 is 0.436 bits per heavy atom. The van der Waals surface area contributed by atoms with Crippen LogP contribution < -0.4 is 0 Å². The van der Waals surface area contributed by atoms with Crippen molar-refractivity contribution in [3.8, 4) is 0 Å². The summed E-state index contributed by atoms with van der Waals surface area (Å²) >= 11 is 1.54. The molecule has 0 aliphatic carbocycles. The third-order valence-corrected chi connectivity index (χ3v) is 14.0. The van der Waals surface area contributed by atoms with Gasteiger partial charge in [-0.1, -0.05) is 171 Å². The molecule has 2 fully saturated rings. The number of carbonyl (C=O) groups is 4. The molecule has 2 saturated heterocycles. The molecule has 0 spiro atoms. The van der Waals surface area contributed by atoms with Gasteiger partial charge in [-0.15, -0.1) is 11.8 Å². The zero-order chi connectivity index (χ0) is 53.9. The fourth-order valence-electron chi connectivity index (χ4n) is 9.03. The van der Waals surface area contributed by atoms with Gasteiger partial charge in [0.25, 0.3) is 0 Å². The summed E-state index contributed by atoms with van der Waals surface area (Å²) in [5, 5.41) is 0. The van der Waals surface area contributed by atoms with E-state index in [1.807, 2.05) is 97.9 Å². The van der Waals surface area contributed by atoms with Crippen molar-refractivity contribution in [2.75, 3.05) is 19.0 Å². The Labute approximate surface area is 457 Å². The zero-order valence-corrected chi connectivity index (χ0v) is 43.7. The Morgan fingerprint density at radius 3 is 1.29 bits per heavy atom. The van der Waals surface area contributed by atoms with E-state index < -0.39 is 91.0 Å². The van der Waals surface area contributed by atoms with Crippen molar-refractivity contribution in [1.82, 2.24) is 0 Å². The molecule has 9 rings (SSSR count). The first-order valence-corrected chi connectivity index (χ1v) is 26.9. The van der Waals surface area contributed by atoms with E-state index in [-0.39, 0.29) is 48.7 Å². The summed E-state index contributed by atoms with van der Waals surface area (Å²) in [6, 6.07) is 62.3. The average Bonchev–Trinajstić information content (AvgIpc) is 3.87. The molecular formula is C63H60O14S. The molecular weight excluding hydrogens is 1010 g/mol. The van der Waals surface area contributed by atoms with Crippen molar-refractivity contribution in [3.63, 3.8) is 0 Å². The van der Waals surface area contributed by atoms with Crippen LogP contribution in [0.2, 0.25) is 0 Å². The molecule has 0 aromatic heterocycles. The van der Waals surface area contributed by atoms with Gasteiger partial charge < -0.3 is 47.4 Å². The van der Waals surface area contributed by atoms with Crippen molar-refractivity contribution in [3.05, 3.63) is 251 Å². The number of esters is 4. The summed E-state index contributed by atoms with van der Waals surface area (Å²) in [5.74, 6) is -2.47. The number of benzene rings is 7. The molecule has 0 radical (unpaired) electrons. The van der Waals surface area contributed by atoms with Crippen molar-refractivity contribution < 1.29 is 66.5 Å². The molecule has 2 aliphatic heterocycles. The molecule has 0 amide bonds. The maximum atomic E-state index is 14.3. The SMILES string of the molecule is CCS[C@@H]1O[C@H](CO[C@@H]2O[C@@H]([C@@H](COC(=O)c3ccccc3)OC(=O)c3ccccc3)[C@H](OC(=O)c3ccccc3)[C@H]2OC(=O)c2ccccc2)[C@@H](OCc2ccccc2)[C@H](OCc2ccccc2)[C@H]1OCc1ccccc1. The van der Waals surface area contributed by atoms with Crippen LogP contribution in [0.1, 0.15) is 65.0 Å². The fourth-order valence-corrected chi connectivity index (χ4v) is 10.0. The lowest BCUT2D eigenvalue weighted by molar-refractivity contribution is -0.268. The first kappa shape index (κ1) is 55.3. The molecule has 0 bridgehead atoms. The molecule has 78 heavy (non-hydrogen) atoms. The predicted octanol–water partition coefficient (Wildman–Crippen LogP) is 10.5. The van der Waals surface area contributed by atoms with E-state index >= 15 is 0 Å². The number of hydrogen-bond donors (Lipinski definition) is 0. The van der Waals surface area contributed by atoms with E-state index in [1.165, 1.54) is 11.8 Å². The van der Waals surface area contributed by atoms with E-state index in [0.717, 1.165) is 16.7 Å². The molecule has 15 heteroatoms. The van der Waals surface area contributed by atoms with E-state index in [0.29, 0.717) is 5.75 Å². The Morgan fingerprint density at radius 2 is 0.833 bits per heavy atom. The van der Waals surface area contributed by atoms with Gasteiger partial charge in [0.1, 0.15) is 42.6 Å². The van der Waals surface area contributed by atoms with Gasteiger partial charge in [0.2, 0.25) is 0 Å². The minimum absolute atomic E-state index is 0.167. The number of ether oxygens (including phenoxy) is 10. The summed E-state index contributed by atoms with van der Waals surface area (Å²) in [5.41, 5.74) is 2.95. The highest BCUT2D eigenvalue weighted by atomic mass is 32.2. The molecule has 7 aromatic carbocycles. The second-order valence-corrected chi connectivity index (χ2v) is 19.7. The third kappa shape index (κ3) is 15.0. The van der Waals surface area contributed by atoms with Crippen LogP contribution in [-0.4, -0.2) is 103 Å². The molecule has 14 nitrogen and oxygen atoms in total. The Balaban J connectivity index is 1.09. The third-order valence-electron chi connectivity index (χ3n) is 12.9. The van der Waals surface area contributed by atoms with Crippen molar-refractivity contribution in [2.24, 2.45) is 0 Å². The highest BCUT2D eigenvalue weighted by molar-refractivity contribution is 7.99. The van der Waals surface area contributed by atoms with E-state index in [9.17, 15) is 19.2 Å². The van der Waals surface area contributed by atoms with Gasteiger partial charge in [-0.05, 0) is 71.0 Å². The minimum Gasteiger partial charge on any atom is -0.458 e. The minimum atomic E-state index is -1.54. The smallest absolute Gasteiger partial charge is 0.338 e. The highest BCUT2D eigenvalue weighted by Gasteiger charge is 2.56. The summed E-state index contributed by atoms with van der Waals surface area (Å²) in [6.45, 7) is 1.84. The van der Waals surface area contributed by atoms with Crippen LogP contribution in [0.25, 0.3) is 0 Å². The van der Waals surface area contributed by atoms with Crippen LogP contribution in [0.4, 0.5) is 0 Å². The maximum Gasteiger partial charge on any atom is 0.338 e. The van der Waals surface area contributed by atoms with Crippen molar-refractivity contribution in [2.45, 2.75) is 87.3 Å². The predicted molar refractivity (Wildman–Crippen MR) is 290 cm³/mol. The molecule has 0 N–H and O–H groups in total. The second-order valence-electron chi connectivity index (χ2n) is 18.3. The first-order valence-electron chi connectivity index (χ1n) is 25.8. The van der Waals surface area contributed by atoms with Crippen LogP contribution in [0.15, 0.2) is 212 Å². The standard InChI is InChI=1S/C63H60O14S/c1-2-78-63-57(70-40-45-28-14-5-15-29-45)54(69-39-44-26-12-4-13-27-44)52(68-38-43-24-10-3-11-25-43)50(74-63)42-72-62-56(76-61(67)49-36-22-9-23-37-49)55(75-60(66)48-34-20-8-21-35-48)53(77-62)51(73-59(65)47-32-18-7-19-33-47)41-71-58(64)46-30-16-6-17-31-46/h3-37,50-57,62-63H,2,38-42H2,1H3/t50-,51-,52-,53+,54+,55+,56-,57-,62-,63+/m1/s1. The van der Waals surface area contributed by atoms with E-state index in [2.05, 4.69) is 0 Å². The molecule has 2 aliphatic rings. The molecule has 402 valence electrons. The van der Waals surface area contributed by atoms with Crippen molar-refractivity contribution in [1.29, 1.82) is 0 Å². The summed E-state index contributed by atoms with van der Waals surface area (Å²) in [4.78, 5) is 56.2. The second kappa shape index (κ2) is 28.2. The number of carbonyl (C=O) groups excluding carboxylic acids is 4. The average molecular weight is 1070 g/mol. The van der Waals surface area contributed by atoms with Crippen LogP contribution >= 0.6 is 11.8 Å². The van der Waals surface area contributed by atoms with Crippen LogP contribution in [0, 0.1) is 0 Å². The Kier molecular flexibility index (Phi) is 20.0. The van der Waals surface area contributed by atoms with Crippen LogP contribution in [0.5, 0.6) is 0 Å². The zero-order valence-electron chi connectivity index (χ0n) is 42.8. The largest absolute Gasteiger partial charge is 0.458 e. The summed E-state index contributed by atoms with van der Waals surface area (Å²) in [7, 11) is 0. The molecule has 10 atom stereocenters. The van der Waals surface area contributed by atoms with Crippen LogP contribution in [0.3, 0.4) is 0 Å².